The van der Waals surface area contributed by atoms with Crippen molar-refractivity contribution in [3.05, 3.63) is 0 Å². The normalized spacial score (nSPS) is 27.7. The van der Waals surface area contributed by atoms with E-state index in [2.05, 4.69) is 5.32 Å². The van der Waals surface area contributed by atoms with Gasteiger partial charge < -0.3 is 34.8 Å². The van der Waals surface area contributed by atoms with Gasteiger partial charge in [0, 0.05) is 39.2 Å². The zero-order chi connectivity index (χ0) is 20.8. The monoisotopic (exact) mass is 405 g/mol. The van der Waals surface area contributed by atoms with Crippen LogP contribution >= 0.6 is 0 Å². The molecule has 5 atom stereocenters. The van der Waals surface area contributed by atoms with Gasteiger partial charge in [-0.2, -0.15) is 0 Å². The van der Waals surface area contributed by atoms with Gasteiger partial charge in [0.1, 0.15) is 12.2 Å². The number of carbonyl (C=O) groups excluding carboxylic acids is 1. The minimum absolute atomic E-state index is 0.0879. The number of hydrogen-bond acceptors (Lipinski definition) is 7. The summed E-state index contributed by atoms with van der Waals surface area (Å²) < 4.78 is 16.2. The summed E-state index contributed by atoms with van der Waals surface area (Å²) in [5.74, 6) is -0.289. The maximum atomic E-state index is 11.8. The lowest BCUT2D eigenvalue weighted by atomic mass is 9.92. The molecule has 0 aromatic rings. The molecule has 0 aromatic heterocycles. The van der Waals surface area contributed by atoms with Crippen LogP contribution in [0.15, 0.2) is 0 Å². The van der Waals surface area contributed by atoms with Crippen molar-refractivity contribution in [3.63, 3.8) is 0 Å². The number of amides is 1. The molecule has 1 fully saturated rings. The van der Waals surface area contributed by atoms with E-state index >= 15 is 0 Å². The van der Waals surface area contributed by atoms with Gasteiger partial charge in [0.2, 0.25) is 5.91 Å². The van der Waals surface area contributed by atoms with E-state index in [-0.39, 0.29) is 18.4 Å². The van der Waals surface area contributed by atoms with Crippen LogP contribution in [0.5, 0.6) is 0 Å². The predicted octanol–water partition coefficient (Wildman–Crippen LogP) is 0.962. The van der Waals surface area contributed by atoms with Gasteiger partial charge in [-0.05, 0) is 25.7 Å². The first-order valence-electron chi connectivity index (χ1n) is 10.5. The second kappa shape index (κ2) is 15.1. The molecule has 0 spiro atoms. The molecule has 2 unspecified atom stereocenters. The highest BCUT2D eigenvalue weighted by Crippen LogP contribution is 2.26. The standard InChI is InChI=1S/C20H39NO7/c1-15-18(24)19(25)16(14-22)28-20(15)27-13-9-5-6-10-17(23)21-11-7-3-4-8-12-26-2/h15-16,18-20,22,24-25H,3-14H2,1-2H3,(H,21,23)/t15-,16?,18?,19-,20+/m0/s1. The molecule has 1 saturated heterocycles. The number of ether oxygens (including phenoxy) is 3. The van der Waals surface area contributed by atoms with Crippen molar-refractivity contribution in [2.45, 2.75) is 82.9 Å². The first-order valence-corrected chi connectivity index (χ1v) is 10.5. The Bertz CT molecular complexity index is 408. The number of hydrogen-bond donors (Lipinski definition) is 4. The number of carbonyl (C=O) groups is 1. The van der Waals surface area contributed by atoms with Crippen molar-refractivity contribution in [2.24, 2.45) is 5.92 Å². The average Bonchev–Trinajstić information content (AvgIpc) is 2.69. The van der Waals surface area contributed by atoms with Crippen molar-refractivity contribution in [1.29, 1.82) is 0 Å². The van der Waals surface area contributed by atoms with Gasteiger partial charge in [-0.15, -0.1) is 0 Å². The van der Waals surface area contributed by atoms with E-state index in [1.54, 1.807) is 14.0 Å². The number of unbranched alkanes of at least 4 members (excludes halogenated alkanes) is 5. The number of nitrogens with one attached hydrogen (secondary N) is 1. The molecule has 0 radical (unpaired) electrons. The zero-order valence-electron chi connectivity index (χ0n) is 17.3. The largest absolute Gasteiger partial charge is 0.394 e. The first kappa shape index (κ1) is 25.3. The Labute approximate surface area is 168 Å². The second-order valence-electron chi connectivity index (χ2n) is 7.50. The van der Waals surface area contributed by atoms with Crippen LogP contribution in [0.2, 0.25) is 0 Å². The van der Waals surface area contributed by atoms with Crippen LogP contribution < -0.4 is 5.32 Å². The lowest BCUT2D eigenvalue weighted by Gasteiger charge is -2.40. The van der Waals surface area contributed by atoms with Gasteiger partial charge in [-0.1, -0.05) is 26.2 Å². The van der Waals surface area contributed by atoms with Crippen LogP contribution in [0, 0.1) is 5.92 Å². The van der Waals surface area contributed by atoms with E-state index in [1.165, 1.54) is 0 Å². The maximum absolute atomic E-state index is 11.8. The molecule has 0 aliphatic carbocycles. The van der Waals surface area contributed by atoms with Crippen LogP contribution in [0.25, 0.3) is 0 Å². The van der Waals surface area contributed by atoms with Crippen LogP contribution in [0.3, 0.4) is 0 Å². The van der Waals surface area contributed by atoms with E-state index in [0.29, 0.717) is 13.0 Å². The molecule has 4 N–H and O–H groups in total. The summed E-state index contributed by atoms with van der Waals surface area (Å²) >= 11 is 0. The van der Waals surface area contributed by atoms with Gasteiger partial charge in [0.05, 0.1) is 12.7 Å². The van der Waals surface area contributed by atoms with Gasteiger partial charge >= 0.3 is 0 Å². The molecule has 1 rings (SSSR count). The van der Waals surface area contributed by atoms with Crippen LogP contribution in [-0.4, -0.2) is 79.3 Å². The Balaban J connectivity index is 2.01. The fourth-order valence-corrected chi connectivity index (χ4v) is 3.22. The summed E-state index contributed by atoms with van der Waals surface area (Å²) in [6, 6.07) is 0. The van der Waals surface area contributed by atoms with Gasteiger partial charge in [0.25, 0.3) is 0 Å². The van der Waals surface area contributed by atoms with Crippen LogP contribution in [0.4, 0.5) is 0 Å². The quantitative estimate of drug-likeness (QED) is 0.300. The Kier molecular flexibility index (Phi) is 13.6. The van der Waals surface area contributed by atoms with Gasteiger partial charge in [0.15, 0.2) is 6.29 Å². The lowest BCUT2D eigenvalue weighted by Crippen LogP contribution is -2.55. The fourth-order valence-electron chi connectivity index (χ4n) is 3.22. The molecule has 28 heavy (non-hydrogen) atoms. The molecule has 1 aliphatic rings. The van der Waals surface area contributed by atoms with E-state index in [0.717, 1.165) is 58.1 Å². The number of methoxy groups -OCH3 is 1. The first-order chi connectivity index (χ1) is 13.5. The minimum atomic E-state index is -1.11. The van der Waals surface area contributed by atoms with Crippen molar-refractivity contribution in [3.8, 4) is 0 Å². The van der Waals surface area contributed by atoms with Crippen molar-refractivity contribution in [1.82, 2.24) is 5.32 Å². The molecule has 1 amide bonds. The summed E-state index contributed by atoms with van der Waals surface area (Å²) in [6.07, 6.45) is 3.67. The van der Waals surface area contributed by atoms with Crippen molar-refractivity contribution >= 4 is 5.91 Å². The molecule has 1 heterocycles. The summed E-state index contributed by atoms with van der Waals surface area (Å²) in [4.78, 5) is 11.8. The topological polar surface area (TPSA) is 117 Å². The number of rotatable bonds is 15. The highest BCUT2D eigenvalue weighted by Gasteiger charge is 2.42. The van der Waals surface area contributed by atoms with Crippen molar-refractivity contribution < 1.29 is 34.3 Å². The maximum Gasteiger partial charge on any atom is 0.219 e. The smallest absolute Gasteiger partial charge is 0.219 e. The molecule has 1 aliphatic heterocycles. The van der Waals surface area contributed by atoms with Crippen molar-refractivity contribution in [2.75, 3.05) is 33.5 Å². The number of aliphatic hydroxyl groups is 3. The third kappa shape index (κ3) is 9.62. The molecule has 166 valence electrons. The third-order valence-electron chi connectivity index (χ3n) is 5.12. The molecule has 0 saturated carbocycles. The van der Waals surface area contributed by atoms with E-state index < -0.39 is 24.6 Å². The van der Waals surface area contributed by atoms with Crippen LogP contribution in [0.1, 0.15) is 58.3 Å². The van der Waals surface area contributed by atoms with E-state index in [4.69, 9.17) is 14.2 Å². The highest BCUT2D eigenvalue weighted by molar-refractivity contribution is 5.75. The van der Waals surface area contributed by atoms with Gasteiger partial charge in [-0.25, -0.2) is 0 Å². The Hall–Kier alpha value is -0.770. The summed E-state index contributed by atoms with van der Waals surface area (Å²) in [7, 11) is 1.71. The summed E-state index contributed by atoms with van der Waals surface area (Å²) in [5, 5.41) is 32.0. The minimum Gasteiger partial charge on any atom is -0.394 e. The molecule has 8 heteroatoms. The molecular weight excluding hydrogens is 366 g/mol. The zero-order valence-corrected chi connectivity index (χ0v) is 17.3. The second-order valence-corrected chi connectivity index (χ2v) is 7.50. The van der Waals surface area contributed by atoms with Crippen LogP contribution in [-0.2, 0) is 19.0 Å². The fraction of sp³-hybridized carbons (Fsp3) is 0.950. The molecule has 0 aromatic carbocycles. The Morgan fingerprint density at radius 3 is 2.39 bits per heavy atom. The Morgan fingerprint density at radius 1 is 1.00 bits per heavy atom. The van der Waals surface area contributed by atoms with Gasteiger partial charge in [-0.3, -0.25) is 4.79 Å². The average molecular weight is 406 g/mol. The third-order valence-corrected chi connectivity index (χ3v) is 5.12. The molecule has 0 bridgehead atoms. The summed E-state index contributed by atoms with van der Waals surface area (Å²) in [6.45, 7) is 3.35. The van der Waals surface area contributed by atoms with E-state index in [1.807, 2.05) is 0 Å². The Morgan fingerprint density at radius 2 is 1.68 bits per heavy atom. The highest BCUT2D eigenvalue weighted by atomic mass is 16.7. The molecular formula is C20H39NO7. The SMILES string of the molecule is COCCCCCCNC(=O)CCCCCO[C@@H]1OC(CO)[C@H](O)C(O)[C@@H]1C. The molecule has 8 nitrogen and oxygen atoms in total. The predicted molar refractivity (Wildman–Crippen MR) is 105 cm³/mol. The summed E-state index contributed by atoms with van der Waals surface area (Å²) in [5.41, 5.74) is 0. The number of aliphatic hydroxyl groups excluding tert-OH is 3. The lowest BCUT2D eigenvalue weighted by molar-refractivity contribution is -0.282. The van der Waals surface area contributed by atoms with E-state index in [9.17, 15) is 20.1 Å².